The third kappa shape index (κ3) is 2.88. The van der Waals surface area contributed by atoms with Gasteiger partial charge >= 0.3 is 0 Å². The Balaban J connectivity index is 1.56. The fraction of sp³-hybridized carbons (Fsp3) is 0.500. The van der Waals surface area contributed by atoms with Crippen molar-refractivity contribution >= 4 is 5.91 Å². The minimum Gasteiger partial charge on any atom is -0.497 e. The lowest BCUT2D eigenvalue weighted by Gasteiger charge is -2.33. The summed E-state index contributed by atoms with van der Waals surface area (Å²) in [5.41, 5.74) is 0.877. The molecule has 6 nitrogen and oxygen atoms in total. The summed E-state index contributed by atoms with van der Waals surface area (Å²) < 4.78 is 10.7. The molecule has 24 heavy (non-hydrogen) atoms. The summed E-state index contributed by atoms with van der Waals surface area (Å²) >= 11 is 0. The van der Waals surface area contributed by atoms with Crippen LogP contribution < -0.4 is 4.74 Å². The molecular formula is C18H21N3O3. The predicted octanol–water partition coefficient (Wildman–Crippen LogP) is 3.21. The summed E-state index contributed by atoms with van der Waals surface area (Å²) in [7, 11) is 1.63. The number of likely N-dealkylation sites (tertiary alicyclic amines) is 1. The lowest BCUT2D eigenvalue weighted by atomic mass is 10.0. The number of aromatic nitrogens is 2. The van der Waals surface area contributed by atoms with E-state index in [1.807, 2.05) is 29.2 Å². The van der Waals surface area contributed by atoms with E-state index in [-0.39, 0.29) is 17.9 Å². The van der Waals surface area contributed by atoms with Crippen molar-refractivity contribution < 1.29 is 14.1 Å². The molecule has 4 rings (SSSR count). The number of carbonyl (C=O) groups is 1. The van der Waals surface area contributed by atoms with E-state index in [0.29, 0.717) is 11.7 Å². The fourth-order valence-electron chi connectivity index (χ4n) is 3.24. The van der Waals surface area contributed by atoms with Crippen LogP contribution in [0.5, 0.6) is 5.75 Å². The molecule has 1 aliphatic heterocycles. The van der Waals surface area contributed by atoms with Gasteiger partial charge in [0.05, 0.1) is 7.11 Å². The molecule has 0 radical (unpaired) electrons. The smallest absolute Gasteiger partial charge is 0.249 e. The summed E-state index contributed by atoms with van der Waals surface area (Å²) in [5, 5.41) is 4.11. The molecule has 2 fully saturated rings. The normalized spacial score (nSPS) is 20.9. The second-order valence-corrected chi connectivity index (χ2v) is 6.50. The predicted molar refractivity (Wildman–Crippen MR) is 87.3 cm³/mol. The van der Waals surface area contributed by atoms with Crippen LogP contribution in [0.2, 0.25) is 0 Å². The number of piperidine rings is 1. The van der Waals surface area contributed by atoms with Crippen LogP contribution in [0.3, 0.4) is 0 Å². The highest BCUT2D eigenvalue weighted by Crippen LogP contribution is 2.37. The number of hydrogen-bond donors (Lipinski definition) is 0. The molecule has 1 atom stereocenters. The molecule has 0 spiro atoms. The second-order valence-electron chi connectivity index (χ2n) is 6.50. The van der Waals surface area contributed by atoms with Gasteiger partial charge in [0.2, 0.25) is 17.6 Å². The molecule has 2 heterocycles. The van der Waals surface area contributed by atoms with Gasteiger partial charge in [0.15, 0.2) is 0 Å². The quantitative estimate of drug-likeness (QED) is 0.862. The van der Waals surface area contributed by atoms with Crippen molar-refractivity contribution in [3.05, 3.63) is 30.2 Å². The number of ether oxygens (including phenoxy) is 1. The van der Waals surface area contributed by atoms with Gasteiger partial charge in [-0.05, 0) is 56.4 Å². The van der Waals surface area contributed by atoms with E-state index in [0.717, 1.165) is 50.0 Å². The highest BCUT2D eigenvalue weighted by Gasteiger charge is 2.39. The number of carbonyl (C=O) groups excluding carboxylic acids is 1. The molecule has 0 N–H and O–H groups in total. The average molecular weight is 327 g/mol. The maximum absolute atomic E-state index is 12.5. The van der Waals surface area contributed by atoms with E-state index in [1.54, 1.807) is 7.11 Å². The van der Waals surface area contributed by atoms with Crippen LogP contribution in [0.15, 0.2) is 28.8 Å². The van der Waals surface area contributed by atoms with Gasteiger partial charge in [-0.25, -0.2) is 0 Å². The Morgan fingerprint density at radius 1 is 1.21 bits per heavy atom. The number of hydrogen-bond acceptors (Lipinski definition) is 5. The van der Waals surface area contributed by atoms with Crippen molar-refractivity contribution in [3.63, 3.8) is 0 Å². The summed E-state index contributed by atoms with van der Waals surface area (Å²) in [6.07, 6.45) is 5.06. The van der Waals surface area contributed by atoms with Gasteiger partial charge in [0.1, 0.15) is 11.8 Å². The summed E-state index contributed by atoms with van der Waals surface area (Å²) in [6, 6.07) is 7.47. The van der Waals surface area contributed by atoms with E-state index in [4.69, 9.17) is 9.26 Å². The highest BCUT2D eigenvalue weighted by atomic mass is 16.5. The van der Waals surface area contributed by atoms with Gasteiger partial charge in [0, 0.05) is 18.0 Å². The van der Waals surface area contributed by atoms with Crippen LogP contribution in [-0.2, 0) is 4.79 Å². The molecule has 0 bridgehead atoms. The van der Waals surface area contributed by atoms with Crippen LogP contribution in [-0.4, -0.2) is 34.6 Å². The number of nitrogens with zero attached hydrogens (tertiary/aromatic N) is 3. The van der Waals surface area contributed by atoms with Gasteiger partial charge in [-0.1, -0.05) is 5.16 Å². The molecule has 1 aliphatic carbocycles. The third-order valence-electron chi connectivity index (χ3n) is 4.79. The Bertz CT molecular complexity index is 721. The van der Waals surface area contributed by atoms with E-state index in [9.17, 15) is 4.79 Å². The molecule has 126 valence electrons. The fourth-order valence-corrected chi connectivity index (χ4v) is 3.24. The standard InChI is InChI=1S/C18H21N3O3/c1-23-14-9-7-12(8-10-14)16-19-17(24-20-16)15-4-2-3-11-21(15)18(22)13-5-6-13/h7-10,13,15H,2-6,11H2,1H3/t15-/m0/s1. The van der Waals surface area contributed by atoms with Gasteiger partial charge in [-0.3, -0.25) is 4.79 Å². The minimum absolute atomic E-state index is 0.0775. The van der Waals surface area contributed by atoms with E-state index in [1.165, 1.54) is 0 Å². The van der Waals surface area contributed by atoms with E-state index < -0.39 is 0 Å². The first-order valence-electron chi connectivity index (χ1n) is 8.55. The van der Waals surface area contributed by atoms with Gasteiger partial charge in [0.25, 0.3) is 0 Å². The van der Waals surface area contributed by atoms with Crippen LogP contribution in [0, 0.1) is 5.92 Å². The lowest BCUT2D eigenvalue weighted by molar-refractivity contribution is -0.137. The zero-order chi connectivity index (χ0) is 16.5. The second kappa shape index (κ2) is 6.26. The Hall–Kier alpha value is -2.37. The molecule has 6 heteroatoms. The number of methoxy groups -OCH3 is 1. The van der Waals surface area contributed by atoms with Gasteiger partial charge < -0.3 is 14.2 Å². The van der Waals surface area contributed by atoms with Crippen molar-refractivity contribution in [2.24, 2.45) is 5.92 Å². The summed E-state index contributed by atoms with van der Waals surface area (Å²) in [4.78, 5) is 19.0. The molecule has 1 amide bonds. The van der Waals surface area contributed by atoms with Crippen LogP contribution in [0.4, 0.5) is 0 Å². The Morgan fingerprint density at radius 3 is 2.71 bits per heavy atom. The minimum atomic E-state index is -0.0775. The summed E-state index contributed by atoms with van der Waals surface area (Å²) in [5.74, 6) is 2.36. The number of benzene rings is 1. The van der Waals surface area contributed by atoms with Gasteiger partial charge in [-0.2, -0.15) is 4.98 Å². The highest BCUT2D eigenvalue weighted by molar-refractivity contribution is 5.81. The Morgan fingerprint density at radius 2 is 2.00 bits per heavy atom. The van der Waals surface area contributed by atoms with E-state index >= 15 is 0 Å². The number of rotatable bonds is 4. The van der Waals surface area contributed by atoms with Crippen molar-refractivity contribution in [1.29, 1.82) is 0 Å². The lowest BCUT2D eigenvalue weighted by Crippen LogP contribution is -2.39. The molecule has 1 saturated carbocycles. The Kier molecular flexibility index (Phi) is 3.96. The molecule has 1 aromatic heterocycles. The topological polar surface area (TPSA) is 68.5 Å². The zero-order valence-electron chi connectivity index (χ0n) is 13.8. The first kappa shape index (κ1) is 15.2. The number of amides is 1. The Labute approximate surface area is 140 Å². The molecule has 2 aromatic rings. The molecule has 1 aromatic carbocycles. The SMILES string of the molecule is COc1ccc(-c2noc([C@@H]3CCCCN3C(=O)C3CC3)n2)cc1. The van der Waals surface area contributed by atoms with Crippen molar-refractivity contribution in [3.8, 4) is 17.1 Å². The monoisotopic (exact) mass is 327 g/mol. The maximum Gasteiger partial charge on any atom is 0.249 e. The van der Waals surface area contributed by atoms with Gasteiger partial charge in [-0.15, -0.1) is 0 Å². The molecule has 1 saturated heterocycles. The molecular weight excluding hydrogens is 306 g/mol. The van der Waals surface area contributed by atoms with Crippen molar-refractivity contribution in [1.82, 2.24) is 15.0 Å². The van der Waals surface area contributed by atoms with Crippen molar-refractivity contribution in [2.75, 3.05) is 13.7 Å². The molecule has 0 unspecified atom stereocenters. The first-order chi connectivity index (χ1) is 11.8. The summed E-state index contributed by atoms with van der Waals surface area (Å²) in [6.45, 7) is 0.792. The average Bonchev–Trinajstić information content (AvgIpc) is 3.38. The first-order valence-corrected chi connectivity index (χ1v) is 8.55. The van der Waals surface area contributed by atoms with E-state index in [2.05, 4.69) is 10.1 Å². The van der Waals surface area contributed by atoms with Crippen LogP contribution in [0.1, 0.15) is 44.0 Å². The van der Waals surface area contributed by atoms with Crippen LogP contribution >= 0.6 is 0 Å². The zero-order valence-corrected chi connectivity index (χ0v) is 13.8. The largest absolute Gasteiger partial charge is 0.497 e. The third-order valence-corrected chi connectivity index (χ3v) is 4.79. The van der Waals surface area contributed by atoms with Crippen LogP contribution in [0.25, 0.3) is 11.4 Å². The molecule has 2 aliphatic rings. The van der Waals surface area contributed by atoms with Crippen molar-refractivity contribution in [2.45, 2.75) is 38.1 Å². The maximum atomic E-state index is 12.5.